The molecule has 0 aliphatic carbocycles. The molecule has 0 spiro atoms. The molecule has 1 heterocycles. The van der Waals surface area contributed by atoms with Crippen LogP contribution >= 0.6 is 11.8 Å². The lowest BCUT2D eigenvalue weighted by Gasteiger charge is -2.36. The van der Waals surface area contributed by atoms with Gasteiger partial charge in [0.1, 0.15) is 0 Å². The zero-order chi connectivity index (χ0) is 28.4. The van der Waals surface area contributed by atoms with Gasteiger partial charge in [0.25, 0.3) is 5.91 Å². The summed E-state index contributed by atoms with van der Waals surface area (Å²) in [5.41, 5.74) is 6.57. The minimum absolute atomic E-state index is 0.00531. The molecule has 1 fully saturated rings. The third-order valence-corrected chi connectivity index (χ3v) is 8.14. The highest BCUT2D eigenvalue weighted by Gasteiger charge is 2.32. The fraction of sp³-hybridized carbons (Fsp3) is 0.265. The number of hydrogen-bond donors (Lipinski definition) is 3. The minimum Gasteiger partial charge on any atom is -0.396 e. The van der Waals surface area contributed by atoms with Gasteiger partial charge in [0.15, 0.2) is 6.29 Å². The molecular formula is C34H35NO5S. The van der Waals surface area contributed by atoms with E-state index in [9.17, 15) is 15.0 Å². The van der Waals surface area contributed by atoms with Gasteiger partial charge >= 0.3 is 0 Å². The van der Waals surface area contributed by atoms with Gasteiger partial charge in [0.05, 0.1) is 25.4 Å². The Morgan fingerprint density at radius 2 is 1.56 bits per heavy atom. The van der Waals surface area contributed by atoms with E-state index in [-0.39, 0.29) is 31.3 Å². The molecule has 0 saturated carbocycles. The maximum atomic E-state index is 12.5. The average Bonchev–Trinajstić information content (AvgIpc) is 3.04. The molecule has 0 bridgehead atoms. The van der Waals surface area contributed by atoms with E-state index in [1.54, 1.807) is 23.9 Å². The molecule has 1 aliphatic heterocycles. The van der Waals surface area contributed by atoms with E-state index >= 15 is 0 Å². The Hall–Kier alpha value is -3.46. The molecule has 0 unspecified atom stereocenters. The van der Waals surface area contributed by atoms with Gasteiger partial charge in [0.2, 0.25) is 0 Å². The van der Waals surface area contributed by atoms with Crippen LogP contribution in [-0.2, 0) is 22.6 Å². The molecule has 1 saturated heterocycles. The first kappa shape index (κ1) is 29.0. The number of nitrogens with one attached hydrogen (secondary N) is 1. The number of benzene rings is 4. The van der Waals surface area contributed by atoms with Gasteiger partial charge in [-0.3, -0.25) is 4.79 Å². The summed E-state index contributed by atoms with van der Waals surface area (Å²) in [5, 5.41) is 21.7. The van der Waals surface area contributed by atoms with Crippen molar-refractivity contribution in [1.29, 1.82) is 0 Å². The van der Waals surface area contributed by atoms with Crippen molar-refractivity contribution in [3.05, 3.63) is 131 Å². The molecule has 3 N–H and O–H groups in total. The topological polar surface area (TPSA) is 88.0 Å². The van der Waals surface area contributed by atoms with E-state index in [0.29, 0.717) is 24.3 Å². The Balaban J connectivity index is 1.32. The van der Waals surface area contributed by atoms with Crippen LogP contribution in [0.3, 0.4) is 0 Å². The van der Waals surface area contributed by atoms with E-state index in [4.69, 9.17) is 9.47 Å². The van der Waals surface area contributed by atoms with Crippen LogP contribution in [-0.4, -0.2) is 40.3 Å². The molecule has 0 aromatic heterocycles. The second-order valence-corrected chi connectivity index (χ2v) is 11.2. The Morgan fingerprint density at radius 3 is 2.32 bits per heavy atom. The number of carbonyl (C=O) groups excluding carboxylic acids is 1. The number of ether oxygens (including phenoxy) is 2. The molecule has 212 valence electrons. The van der Waals surface area contributed by atoms with Gasteiger partial charge in [-0.05, 0) is 52.1 Å². The third-order valence-electron chi connectivity index (χ3n) is 7.06. The van der Waals surface area contributed by atoms with Gasteiger partial charge < -0.3 is 25.0 Å². The van der Waals surface area contributed by atoms with Crippen molar-refractivity contribution in [1.82, 2.24) is 5.32 Å². The van der Waals surface area contributed by atoms with Crippen molar-refractivity contribution < 1.29 is 24.5 Å². The summed E-state index contributed by atoms with van der Waals surface area (Å²) in [6, 6.07) is 33.4. The van der Waals surface area contributed by atoms with Crippen molar-refractivity contribution >= 4 is 17.7 Å². The number of amides is 1. The summed E-state index contributed by atoms with van der Waals surface area (Å²) >= 11 is 1.67. The number of aliphatic hydroxyl groups excluding tert-OH is 2. The fourth-order valence-corrected chi connectivity index (χ4v) is 5.68. The molecule has 0 radical (unpaired) electrons. The number of hydrogen-bond acceptors (Lipinski definition) is 6. The predicted octanol–water partition coefficient (Wildman–Crippen LogP) is 6.05. The quantitative estimate of drug-likeness (QED) is 0.191. The van der Waals surface area contributed by atoms with E-state index in [0.717, 1.165) is 39.1 Å². The Kier molecular flexibility index (Phi) is 10.2. The Labute approximate surface area is 245 Å². The van der Waals surface area contributed by atoms with Gasteiger partial charge in [-0.1, -0.05) is 78.9 Å². The van der Waals surface area contributed by atoms with Crippen molar-refractivity contribution in [2.75, 3.05) is 18.1 Å². The number of rotatable bonds is 11. The van der Waals surface area contributed by atoms with Crippen molar-refractivity contribution in [2.45, 2.75) is 38.1 Å². The van der Waals surface area contributed by atoms with Gasteiger partial charge in [-0.15, -0.1) is 0 Å². The Bertz CT molecular complexity index is 1410. The largest absolute Gasteiger partial charge is 0.396 e. The standard InChI is InChI=1S/C34H35NO5S/c36-16-17-41-23-31-20-32(26-14-12-24(22-37)13-15-26)40-34(39-31)30-11-5-10-29(19-30)28-9-4-6-25(18-28)21-35-33(38)27-7-2-1-3-8-27/h1-15,18-19,31-32,34,36-37H,16-17,20-23H2,(H,35,38)/t31-,32+,34+/m0/s1. The first-order chi connectivity index (χ1) is 20.1. The summed E-state index contributed by atoms with van der Waals surface area (Å²) in [4.78, 5) is 12.5. The monoisotopic (exact) mass is 569 g/mol. The normalized spacial score (nSPS) is 18.6. The fourth-order valence-electron chi connectivity index (χ4n) is 4.90. The highest BCUT2D eigenvalue weighted by molar-refractivity contribution is 7.99. The van der Waals surface area contributed by atoms with Crippen LogP contribution in [0, 0.1) is 0 Å². The molecule has 7 heteroatoms. The lowest BCUT2D eigenvalue weighted by molar-refractivity contribution is -0.245. The summed E-state index contributed by atoms with van der Waals surface area (Å²) in [6.45, 7) is 0.575. The molecule has 41 heavy (non-hydrogen) atoms. The van der Waals surface area contributed by atoms with E-state index in [1.807, 2.05) is 66.7 Å². The van der Waals surface area contributed by atoms with Crippen LogP contribution in [0.4, 0.5) is 0 Å². The first-order valence-electron chi connectivity index (χ1n) is 13.8. The van der Waals surface area contributed by atoms with Crippen molar-refractivity contribution in [2.24, 2.45) is 0 Å². The number of aliphatic hydroxyl groups is 2. The maximum Gasteiger partial charge on any atom is 0.251 e. The van der Waals surface area contributed by atoms with Gasteiger partial charge in [0, 0.05) is 35.6 Å². The zero-order valence-corrected chi connectivity index (χ0v) is 23.6. The minimum atomic E-state index is -0.542. The smallest absolute Gasteiger partial charge is 0.251 e. The second kappa shape index (κ2) is 14.4. The Morgan fingerprint density at radius 1 is 0.805 bits per heavy atom. The maximum absolute atomic E-state index is 12.5. The second-order valence-electron chi connectivity index (χ2n) is 10.0. The SMILES string of the molecule is O=C(NCc1cccc(-c2cccc([C@@H]3O[C@H](CSCCO)C[C@H](c4ccc(CO)cc4)O3)c2)c1)c1ccccc1. The summed E-state index contributed by atoms with van der Waals surface area (Å²) in [6.07, 6.45) is -0.0159. The van der Waals surface area contributed by atoms with Crippen LogP contribution in [0.1, 0.15) is 51.4 Å². The summed E-state index contributed by atoms with van der Waals surface area (Å²) < 4.78 is 12.9. The van der Waals surface area contributed by atoms with Crippen LogP contribution in [0.5, 0.6) is 0 Å². The molecule has 5 rings (SSSR count). The highest BCUT2D eigenvalue weighted by atomic mass is 32.2. The summed E-state index contributed by atoms with van der Waals surface area (Å²) in [5.74, 6) is 1.33. The molecule has 3 atom stereocenters. The third kappa shape index (κ3) is 7.85. The first-order valence-corrected chi connectivity index (χ1v) is 15.0. The van der Waals surface area contributed by atoms with Crippen LogP contribution in [0.25, 0.3) is 11.1 Å². The molecule has 4 aromatic rings. The van der Waals surface area contributed by atoms with Crippen molar-refractivity contribution in [3.8, 4) is 11.1 Å². The molecule has 1 aliphatic rings. The van der Waals surface area contributed by atoms with Gasteiger partial charge in [-0.2, -0.15) is 11.8 Å². The lowest BCUT2D eigenvalue weighted by atomic mass is 9.99. The average molecular weight is 570 g/mol. The molecule has 1 amide bonds. The molecule has 6 nitrogen and oxygen atoms in total. The highest BCUT2D eigenvalue weighted by Crippen LogP contribution is 2.39. The van der Waals surface area contributed by atoms with Crippen molar-refractivity contribution in [3.63, 3.8) is 0 Å². The number of carbonyl (C=O) groups is 1. The lowest BCUT2D eigenvalue weighted by Crippen LogP contribution is -2.31. The zero-order valence-electron chi connectivity index (χ0n) is 22.8. The van der Waals surface area contributed by atoms with E-state index < -0.39 is 6.29 Å². The summed E-state index contributed by atoms with van der Waals surface area (Å²) in [7, 11) is 0. The van der Waals surface area contributed by atoms with Gasteiger partial charge in [-0.25, -0.2) is 0 Å². The molecule has 4 aromatic carbocycles. The van der Waals surface area contributed by atoms with E-state index in [2.05, 4.69) is 29.6 Å². The molecular weight excluding hydrogens is 534 g/mol. The van der Waals surface area contributed by atoms with Crippen LogP contribution in [0.15, 0.2) is 103 Å². The van der Waals surface area contributed by atoms with E-state index in [1.165, 1.54) is 0 Å². The van der Waals surface area contributed by atoms with Crippen LogP contribution < -0.4 is 5.32 Å². The van der Waals surface area contributed by atoms with Crippen LogP contribution in [0.2, 0.25) is 0 Å². The predicted molar refractivity (Wildman–Crippen MR) is 162 cm³/mol. The number of thioether (sulfide) groups is 1.